The van der Waals surface area contributed by atoms with E-state index in [9.17, 15) is 8.42 Å². The number of rotatable bonds is 1. The molecular formula is C7H5ClN2O3S. The molecule has 14 heavy (non-hydrogen) atoms. The number of aromatic nitrogens is 2. The maximum Gasteiger partial charge on any atom is 0.328 e. The van der Waals surface area contributed by atoms with E-state index in [-0.39, 0.29) is 0 Å². The molecule has 5 nitrogen and oxygen atoms in total. The average Bonchev–Trinajstić information content (AvgIpc) is 2.45. The summed E-state index contributed by atoms with van der Waals surface area (Å²) in [4.78, 5) is 6.12. The Morgan fingerprint density at radius 1 is 1.43 bits per heavy atom. The first-order valence-electron chi connectivity index (χ1n) is 3.59. The SMILES string of the molecule is O=S(=O)(O)c1nc2ccc(Cl)cc2[nH]1. The van der Waals surface area contributed by atoms with Crippen molar-refractivity contribution in [2.24, 2.45) is 0 Å². The van der Waals surface area contributed by atoms with Crippen molar-refractivity contribution in [2.45, 2.75) is 5.16 Å². The molecule has 0 saturated heterocycles. The summed E-state index contributed by atoms with van der Waals surface area (Å²) in [5, 5.41) is -0.0159. The summed E-state index contributed by atoms with van der Waals surface area (Å²) < 4.78 is 30.1. The van der Waals surface area contributed by atoms with Crippen molar-refractivity contribution in [1.82, 2.24) is 9.97 Å². The highest BCUT2D eigenvalue weighted by molar-refractivity contribution is 7.85. The molecule has 1 aromatic heterocycles. The second kappa shape index (κ2) is 2.94. The topological polar surface area (TPSA) is 83.1 Å². The van der Waals surface area contributed by atoms with Gasteiger partial charge in [0.2, 0.25) is 0 Å². The van der Waals surface area contributed by atoms with Gasteiger partial charge in [-0.3, -0.25) is 4.55 Å². The highest BCUT2D eigenvalue weighted by Crippen LogP contribution is 2.18. The van der Waals surface area contributed by atoms with Gasteiger partial charge in [-0.2, -0.15) is 8.42 Å². The van der Waals surface area contributed by atoms with E-state index in [4.69, 9.17) is 16.2 Å². The molecule has 0 saturated carbocycles. The van der Waals surface area contributed by atoms with Crippen LogP contribution >= 0.6 is 11.6 Å². The van der Waals surface area contributed by atoms with Crippen molar-refractivity contribution >= 4 is 32.8 Å². The lowest BCUT2D eigenvalue weighted by Gasteiger charge is -1.87. The lowest BCUT2D eigenvalue weighted by Crippen LogP contribution is -1.99. The molecule has 1 heterocycles. The molecule has 0 aliphatic rings. The summed E-state index contributed by atoms with van der Waals surface area (Å²) in [7, 11) is -4.29. The van der Waals surface area contributed by atoms with E-state index in [0.29, 0.717) is 16.1 Å². The smallest absolute Gasteiger partial charge is 0.327 e. The maximum atomic E-state index is 10.7. The first kappa shape index (κ1) is 9.45. The van der Waals surface area contributed by atoms with Gasteiger partial charge in [-0.05, 0) is 18.2 Å². The molecule has 0 fully saturated rings. The van der Waals surface area contributed by atoms with E-state index >= 15 is 0 Å². The third-order valence-electron chi connectivity index (χ3n) is 1.67. The quantitative estimate of drug-likeness (QED) is 0.730. The van der Waals surface area contributed by atoms with Crippen LogP contribution in [0.1, 0.15) is 0 Å². The predicted octanol–water partition coefficient (Wildman–Crippen LogP) is 1.46. The molecule has 0 aliphatic carbocycles. The minimum Gasteiger partial charge on any atom is -0.327 e. The van der Waals surface area contributed by atoms with Gasteiger partial charge in [0.15, 0.2) is 0 Å². The molecule has 0 spiro atoms. The third kappa shape index (κ3) is 1.59. The summed E-state index contributed by atoms with van der Waals surface area (Å²) in [5.74, 6) is 0. The van der Waals surface area contributed by atoms with Crippen LogP contribution in [0, 0.1) is 0 Å². The summed E-state index contributed by atoms with van der Waals surface area (Å²) in [5.41, 5.74) is 0.896. The van der Waals surface area contributed by atoms with Crippen LogP contribution in [-0.2, 0) is 10.1 Å². The number of imidazole rings is 1. The van der Waals surface area contributed by atoms with E-state index in [1.54, 1.807) is 12.1 Å². The van der Waals surface area contributed by atoms with E-state index in [2.05, 4.69) is 9.97 Å². The number of nitrogens with zero attached hydrogens (tertiary/aromatic N) is 1. The van der Waals surface area contributed by atoms with Crippen molar-refractivity contribution < 1.29 is 13.0 Å². The minimum absolute atomic E-state index is 0.432. The number of aromatic amines is 1. The molecule has 7 heteroatoms. The molecule has 0 bridgehead atoms. The van der Waals surface area contributed by atoms with Gasteiger partial charge in [-0.25, -0.2) is 4.98 Å². The fourth-order valence-electron chi connectivity index (χ4n) is 1.08. The fourth-order valence-corrected chi connectivity index (χ4v) is 1.71. The van der Waals surface area contributed by atoms with Crippen LogP contribution in [0.3, 0.4) is 0 Å². The number of benzene rings is 1. The third-order valence-corrected chi connectivity index (χ3v) is 2.58. The Morgan fingerprint density at radius 3 is 2.79 bits per heavy atom. The number of halogens is 1. The summed E-state index contributed by atoms with van der Waals surface area (Å²) in [6.45, 7) is 0. The molecule has 0 unspecified atom stereocenters. The van der Waals surface area contributed by atoms with Gasteiger partial charge in [0.05, 0.1) is 11.0 Å². The molecule has 2 N–H and O–H groups in total. The summed E-state index contributed by atoms with van der Waals surface area (Å²) in [6.07, 6.45) is 0. The Morgan fingerprint density at radius 2 is 2.14 bits per heavy atom. The van der Waals surface area contributed by atoms with Crippen molar-refractivity contribution in [3.05, 3.63) is 23.2 Å². The first-order valence-corrected chi connectivity index (χ1v) is 5.41. The van der Waals surface area contributed by atoms with Crippen LogP contribution in [0.15, 0.2) is 23.4 Å². The van der Waals surface area contributed by atoms with Crippen molar-refractivity contribution in [3.63, 3.8) is 0 Å². The molecule has 1 aromatic carbocycles. The van der Waals surface area contributed by atoms with Crippen LogP contribution in [0.4, 0.5) is 0 Å². The van der Waals surface area contributed by atoms with Gasteiger partial charge in [-0.15, -0.1) is 0 Å². The number of nitrogens with one attached hydrogen (secondary N) is 1. The van der Waals surface area contributed by atoms with Gasteiger partial charge < -0.3 is 4.98 Å². The Bertz CT molecular complexity index is 590. The summed E-state index contributed by atoms with van der Waals surface area (Å²) in [6, 6.07) is 4.67. The largest absolute Gasteiger partial charge is 0.328 e. The zero-order valence-corrected chi connectivity index (χ0v) is 8.30. The van der Waals surface area contributed by atoms with Crippen LogP contribution in [0.2, 0.25) is 5.02 Å². The second-order valence-electron chi connectivity index (χ2n) is 2.68. The lowest BCUT2D eigenvalue weighted by molar-refractivity contribution is 0.476. The first-order chi connectivity index (χ1) is 6.47. The predicted molar refractivity (Wildman–Crippen MR) is 50.9 cm³/mol. The van der Waals surface area contributed by atoms with Gasteiger partial charge >= 0.3 is 10.1 Å². The second-order valence-corrected chi connectivity index (χ2v) is 4.45. The Kier molecular flexibility index (Phi) is 1.99. The standard InChI is InChI=1S/C7H5ClN2O3S/c8-4-1-2-5-6(3-4)10-7(9-5)14(11,12)13/h1-3H,(H,9,10)(H,11,12,13). The molecule has 74 valence electrons. The average molecular weight is 233 g/mol. The van der Waals surface area contributed by atoms with Crippen LogP contribution < -0.4 is 0 Å². The molecule has 2 rings (SSSR count). The molecule has 0 atom stereocenters. The Hall–Kier alpha value is -1.11. The molecule has 0 radical (unpaired) electrons. The number of hydrogen-bond donors (Lipinski definition) is 2. The van der Waals surface area contributed by atoms with Crippen LogP contribution in [0.25, 0.3) is 11.0 Å². The monoisotopic (exact) mass is 232 g/mol. The van der Waals surface area contributed by atoms with Crippen molar-refractivity contribution in [3.8, 4) is 0 Å². The van der Waals surface area contributed by atoms with Gasteiger partial charge in [-0.1, -0.05) is 11.6 Å². The van der Waals surface area contributed by atoms with Gasteiger partial charge in [0, 0.05) is 5.02 Å². The molecule has 0 aliphatic heterocycles. The van der Waals surface area contributed by atoms with Crippen LogP contribution in [0.5, 0.6) is 0 Å². The number of fused-ring (bicyclic) bond motifs is 1. The zero-order valence-electron chi connectivity index (χ0n) is 6.73. The minimum atomic E-state index is -4.29. The van der Waals surface area contributed by atoms with Gasteiger partial charge in [0.1, 0.15) is 0 Å². The van der Waals surface area contributed by atoms with E-state index < -0.39 is 15.3 Å². The van der Waals surface area contributed by atoms with Crippen molar-refractivity contribution in [2.75, 3.05) is 0 Å². The van der Waals surface area contributed by atoms with E-state index in [1.807, 2.05) is 0 Å². The van der Waals surface area contributed by atoms with Crippen molar-refractivity contribution in [1.29, 1.82) is 0 Å². The summed E-state index contributed by atoms with van der Waals surface area (Å²) >= 11 is 5.68. The fraction of sp³-hybridized carbons (Fsp3) is 0. The zero-order chi connectivity index (χ0) is 10.3. The normalized spacial score (nSPS) is 12.1. The highest BCUT2D eigenvalue weighted by Gasteiger charge is 2.14. The maximum absolute atomic E-state index is 10.7. The highest BCUT2D eigenvalue weighted by atomic mass is 35.5. The number of hydrogen-bond acceptors (Lipinski definition) is 3. The van der Waals surface area contributed by atoms with E-state index in [0.717, 1.165) is 0 Å². The lowest BCUT2D eigenvalue weighted by atomic mass is 10.3. The van der Waals surface area contributed by atoms with Crippen LogP contribution in [-0.4, -0.2) is 22.9 Å². The van der Waals surface area contributed by atoms with Gasteiger partial charge in [0.25, 0.3) is 5.16 Å². The molecule has 2 aromatic rings. The molecule has 0 amide bonds. The Balaban J connectivity index is 2.75. The molecular weight excluding hydrogens is 228 g/mol. The number of H-pyrrole nitrogens is 1. The van der Waals surface area contributed by atoms with E-state index in [1.165, 1.54) is 6.07 Å². The Labute approximate surface area is 84.5 Å².